The molecule has 0 spiro atoms. The minimum absolute atomic E-state index is 0.0950. The fourth-order valence-corrected chi connectivity index (χ4v) is 4.32. The number of aromatic carboxylic acids is 1. The lowest BCUT2D eigenvalue weighted by molar-refractivity contribution is 0.0691. The average molecular weight is 439 g/mol. The van der Waals surface area contributed by atoms with Crippen LogP contribution in [0.1, 0.15) is 53.0 Å². The zero-order chi connectivity index (χ0) is 22.0. The van der Waals surface area contributed by atoms with Gasteiger partial charge in [0.2, 0.25) is 6.79 Å². The Hall–Kier alpha value is -2.90. The Kier molecular flexibility index (Phi) is 5.98. The number of fused-ring (bicyclic) bond motifs is 1. The van der Waals surface area contributed by atoms with Crippen LogP contribution in [0.5, 0.6) is 11.5 Å². The fraction of sp³-hybridized carbons (Fsp3) is 0.333. The van der Waals surface area contributed by atoms with Gasteiger partial charge in [-0.2, -0.15) is 0 Å². The highest BCUT2D eigenvalue weighted by atomic mass is 32.1. The van der Waals surface area contributed by atoms with Crippen LogP contribution in [0.3, 0.4) is 0 Å². The second-order valence-electron chi connectivity index (χ2n) is 8.71. The van der Waals surface area contributed by atoms with Crippen LogP contribution in [0.2, 0.25) is 0 Å². The van der Waals surface area contributed by atoms with Gasteiger partial charge in [-0.15, -0.1) is 11.3 Å². The highest BCUT2D eigenvalue weighted by Gasteiger charge is 2.18. The Labute approximate surface area is 186 Å². The van der Waals surface area contributed by atoms with E-state index in [4.69, 9.17) is 9.47 Å². The largest absolute Gasteiger partial charge is 0.476 e. The lowest BCUT2D eigenvalue weighted by Crippen LogP contribution is -2.22. The summed E-state index contributed by atoms with van der Waals surface area (Å²) in [6.07, 6.45) is 0. The zero-order valence-electron chi connectivity index (χ0n) is 17.9. The molecule has 2 heterocycles. The van der Waals surface area contributed by atoms with Gasteiger partial charge in [0.05, 0.1) is 6.54 Å². The summed E-state index contributed by atoms with van der Waals surface area (Å²) >= 11 is 1.37. The molecule has 2 aromatic carbocycles. The Morgan fingerprint density at radius 2 is 1.71 bits per heavy atom. The van der Waals surface area contributed by atoms with Crippen molar-refractivity contribution >= 4 is 17.3 Å². The number of ether oxygens (including phenoxy) is 2. The molecule has 162 valence electrons. The first-order valence-electron chi connectivity index (χ1n) is 10.2. The predicted octanol–water partition coefficient (Wildman–Crippen LogP) is 5.07. The van der Waals surface area contributed by atoms with Gasteiger partial charge in [-0.3, -0.25) is 4.90 Å². The summed E-state index contributed by atoms with van der Waals surface area (Å²) in [6, 6.07) is 14.7. The van der Waals surface area contributed by atoms with E-state index >= 15 is 0 Å². The van der Waals surface area contributed by atoms with Gasteiger partial charge in [0.15, 0.2) is 17.2 Å². The number of carbonyl (C=O) groups is 1. The first-order valence-corrected chi connectivity index (χ1v) is 11.0. The molecule has 31 heavy (non-hydrogen) atoms. The molecule has 0 radical (unpaired) electrons. The summed E-state index contributed by atoms with van der Waals surface area (Å²) in [4.78, 5) is 17.7. The number of carboxylic acids is 1. The van der Waals surface area contributed by atoms with Gasteiger partial charge < -0.3 is 14.6 Å². The topological polar surface area (TPSA) is 71.9 Å². The summed E-state index contributed by atoms with van der Waals surface area (Å²) in [7, 11) is 0. The molecule has 0 saturated heterocycles. The number of carboxylic acid groups (broad SMARTS) is 1. The average Bonchev–Trinajstić information content (AvgIpc) is 3.36. The van der Waals surface area contributed by atoms with E-state index in [2.05, 4.69) is 54.9 Å². The van der Waals surface area contributed by atoms with Crippen molar-refractivity contribution in [1.82, 2.24) is 9.88 Å². The van der Waals surface area contributed by atoms with Crippen LogP contribution in [0.15, 0.2) is 47.8 Å². The molecule has 0 atom stereocenters. The van der Waals surface area contributed by atoms with E-state index in [1.165, 1.54) is 22.5 Å². The molecule has 0 bridgehead atoms. The number of benzene rings is 2. The van der Waals surface area contributed by atoms with Gasteiger partial charge in [-0.1, -0.05) is 51.1 Å². The zero-order valence-corrected chi connectivity index (χ0v) is 18.7. The lowest BCUT2D eigenvalue weighted by Gasteiger charge is -2.23. The summed E-state index contributed by atoms with van der Waals surface area (Å²) in [5, 5.41) is 11.6. The molecule has 0 fully saturated rings. The number of hydrogen-bond acceptors (Lipinski definition) is 6. The van der Waals surface area contributed by atoms with E-state index in [0.717, 1.165) is 28.6 Å². The van der Waals surface area contributed by atoms with Crippen molar-refractivity contribution in [2.75, 3.05) is 6.79 Å². The molecule has 0 unspecified atom stereocenters. The first kappa shape index (κ1) is 21.3. The van der Waals surface area contributed by atoms with Crippen LogP contribution in [0, 0.1) is 0 Å². The van der Waals surface area contributed by atoms with Gasteiger partial charge in [0, 0.05) is 18.5 Å². The molecule has 1 N–H and O–H groups in total. The van der Waals surface area contributed by atoms with Crippen molar-refractivity contribution in [2.24, 2.45) is 0 Å². The van der Waals surface area contributed by atoms with Crippen molar-refractivity contribution in [2.45, 2.75) is 45.8 Å². The molecule has 3 aromatic rings. The van der Waals surface area contributed by atoms with E-state index in [-0.39, 0.29) is 17.9 Å². The van der Waals surface area contributed by atoms with Crippen molar-refractivity contribution in [1.29, 1.82) is 0 Å². The highest BCUT2D eigenvalue weighted by molar-refractivity contribution is 7.09. The second kappa shape index (κ2) is 8.69. The minimum atomic E-state index is -0.998. The Morgan fingerprint density at radius 3 is 2.39 bits per heavy atom. The second-order valence-corrected chi connectivity index (χ2v) is 9.65. The summed E-state index contributed by atoms with van der Waals surface area (Å²) in [5.41, 5.74) is 3.80. The van der Waals surface area contributed by atoms with Crippen molar-refractivity contribution in [3.63, 3.8) is 0 Å². The van der Waals surface area contributed by atoms with E-state index in [9.17, 15) is 9.90 Å². The summed E-state index contributed by atoms with van der Waals surface area (Å²) in [5.74, 6) is 0.524. The Balaban J connectivity index is 1.54. The number of rotatable bonds is 7. The number of hydrogen-bond donors (Lipinski definition) is 1. The Bertz CT molecular complexity index is 1070. The summed E-state index contributed by atoms with van der Waals surface area (Å²) in [6.45, 7) is 8.83. The standard InChI is InChI=1S/C24H26N2O4S/c1-24(2,3)18-7-4-16(5-8-18)11-26(13-22-25-19(14-31-22)23(27)28)12-17-6-9-20-21(10-17)30-15-29-20/h4-10,14H,11-13,15H2,1-3H3,(H,27,28). The molecule has 1 aliphatic rings. The number of aromatic nitrogens is 1. The quantitative estimate of drug-likeness (QED) is 0.555. The SMILES string of the molecule is CC(C)(C)c1ccc(CN(Cc2ccc3c(c2)OCO3)Cc2nc(C(=O)O)cs2)cc1. The van der Waals surface area contributed by atoms with Gasteiger partial charge in [0.1, 0.15) is 5.01 Å². The van der Waals surface area contributed by atoms with Gasteiger partial charge in [-0.25, -0.2) is 9.78 Å². The maximum Gasteiger partial charge on any atom is 0.355 e. The van der Waals surface area contributed by atoms with E-state index < -0.39 is 5.97 Å². The normalized spacial score (nSPS) is 13.0. The number of nitrogens with zero attached hydrogens (tertiary/aromatic N) is 2. The monoisotopic (exact) mass is 438 g/mol. The smallest absolute Gasteiger partial charge is 0.355 e. The molecular formula is C24H26N2O4S. The molecule has 0 saturated carbocycles. The third kappa shape index (κ3) is 5.24. The first-order chi connectivity index (χ1) is 14.8. The minimum Gasteiger partial charge on any atom is -0.476 e. The molecule has 6 nitrogen and oxygen atoms in total. The maximum absolute atomic E-state index is 11.2. The molecule has 0 amide bonds. The molecule has 4 rings (SSSR count). The van der Waals surface area contributed by atoms with Crippen molar-refractivity contribution < 1.29 is 19.4 Å². The van der Waals surface area contributed by atoms with Crippen LogP contribution in [-0.4, -0.2) is 27.8 Å². The molecule has 7 heteroatoms. The summed E-state index contributed by atoms with van der Waals surface area (Å²) < 4.78 is 10.9. The molecule has 0 aliphatic carbocycles. The molecule has 1 aliphatic heterocycles. The van der Waals surface area contributed by atoms with Crippen molar-refractivity contribution in [3.8, 4) is 11.5 Å². The fourth-order valence-electron chi connectivity index (χ4n) is 3.51. The van der Waals surface area contributed by atoms with Gasteiger partial charge >= 0.3 is 5.97 Å². The third-order valence-electron chi connectivity index (χ3n) is 5.20. The van der Waals surface area contributed by atoms with Crippen LogP contribution in [0.25, 0.3) is 0 Å². The third-order valence-corrected chi connectivity index (χ3v) is 6.03. The van der Waals surface area contributed by atoms with Crippen LogP contribution in [-0.2, 0) is 25.0 Å². The predicted molar refractivity (Wildman–Crippen MR) is 120 cm³/mol. The van der Waals surface area contributed by atoms with Crippen LogP contribution >= 0.6 is 11.3 Å². The van der Waals surface area contributed by atoms with Crippen LogP contribution < -0.4 is 9.47 Å². The van der Waals surface area contributed by atoms with Gasteiger partial charge in [0.25, 0.3) is 0 Å². The highest BCUT2D eigenvalue weighted by Crippen LogP contribution is 2.33. The molecular weight excluding hydrogens is 412 g/mol. The number of thiazole rings is 1. The lowest BCUT2D eigenvalue weighted by atomic mass is 9.87. The molecule has 1 aromatic heterocycles. The van der Waals surface area contributed by atoms with Crippen LogP contribution in [0.4, 0.5) is 0 Å². The maximum atomic E-state index is 11.2. The van der Waals surface area contributed by atoms with Crippen molar-refractivity contribution in [3.05, 3.63) is 75.2 Å². The van der Waals surface area contributed by atoms with Gasteiger partial charge in [-0.05, 0) is 34.2 Å². The van der Waals surface area contributed by atoms with E-state index in [1.54, 1.807) is 5.38 Å². The van der Waals surface area contributed by atoms with E-state index in [1.807, 2.05) is 18.2 Å². The Morgan fingerprint density at radius 1 is 1.03 bits per heavy atom. The van der Waals surface area contributed by atoms with E-state index in [0.29, 0.717) is 13.1 Å².